The highest BCUT2D eigenvalue weighted by Crippen LogP contribution is 2.50. The number of aryl methyl sites for hydroxylation is 1. The number of hydrogen-bond acceptors (Lipinski definition) is 8. The molecule has 1 aliphatic rings. The highest BCUT2D eigenvalue weighted by Gasteiger charge is 2.29. The number of nitrogens with one attached hydrogen (secondary N) is 3. The topological polar surface area (TPSA) is 128 Å². The van der Waals surface area contributed by atoms with Crippen LogP contribution in [0.2, 0.25) is 0 Å². The second-order valence-corrected chi connectivity index (χ2v) is 10.4. The number of nitrogens with zero attached hydrogens (tertiary/aromatic N) is 1. The normalized spacial score (nSPS) is 13.5. The number of carbonyl (C=O) groups excluding carboxylic acids is 2. The Hall–Kier alpha value is -4.60. The van der Waals surface area contributed by atoms with Gasteiger partial charge in [0.05, 0.1) is 45.3 Å². The summed E-state index contributed by atoms with van der Waals surface area (Å²) in [5.74, 6) is 1.35. The number of unbranched alkanes of at least 4 members (excludes halogenated alkanes) is 2. The average Bonchev–Trinajstić information content (AvgIpc) is 3.25. The quantitative estimate of drug-likeness (QED) is 0.248. The molecule has 0 radical (unpaired) electrons. The molecule has 1 aliphatic carbocycles. The van der Waals surface area contributed by atoms with Crippen LogP contribution in [0, 0.1) is 0 Å². The third-order valence-electron chi connectivity index (χ3n) is 7.50. The lowest BCUT2D eigenvalue weighted by molar-refractivity contribution is -0.121. The molecule has 0 aliphatic heterocycles. The lowest BCUT2D eigenvalue weighted by atomic mass is 9.95. The van der Waals surface area contributed by atoms with Crippen molar-refractivity contribution in [2.24, 2.45) is 0 Å². The van der Waals surface area contributed by atoms with E-state index in [4.69, 9.17) is 14.2 Å². The largest absolute Gasteiger partial charge is 0.493 e. The maximum absolute atomic E-state index is 13.4. The Morgan fingerprint density at radius 2 is 1.79 bits per heavy atom. The number of fused-ring (bicyclic) bond motifs is 3. The van der Waals surface area contributed by atoms with E-state index in [2.05, 4.69) is 20.9 Å². The molecule has 2 aromatic carbocycles. The van der Waals surface area contributed by atoms with Gasteiger partial charge in [0.1, 0.15) is 0 Å². The number of amides is 2. The molecule has 0 unspecified atom stereocenters. The summed E-state index contributed by atoms with van der Waals surface area (Å²) in [7, 11) is 4.71. The standard InChI is InChI=1S/C33H40N4O6/c1-21(38)37-26-14-12-22-18-29(41-2)32(42-3)33(43-4)31(22)24-13-15-27(28(39)19-25(24)26)35-17-8-5-6-11-30(40)36-20-23-10-7-9-16-34-23/h7,9-10,13,15-16,18-19,26H,5-6,8,11-12,14,17,20H2,1-4H3,(H,35,39)(H,36,40)(H,37,38)/t26-/m1/s1. The number of aromatic nitrogens is 1. The van der Waals surface area contributed by atoms with Gasteiger partial charge < -0.3 is 30.2 Å². The maximum atomic E-state index is 13.4. The number of carbonyl (C=O) groups is 2. The Bertz CT molecular complexity index is 1500. The monoisotopic (exact) mass is 588 g/mol. The number of rotatable bonds is 13. The van der Waals surface area contributed by atoms with Crippen molar-refractivity contribution in [3.05, 3.63) is 75.7 Å². The second-order valence-electron chi connectivity index (χ2n) is 10.4. The van der Waals surface area contributed by atoms with Gasteiger partial charge in [-0.2, -0.15) is 0 Å². The Morgan fingerprint density at radius 3 is 2.49 bits per heavy atom. The van der Waals surface area contributed by atoms with Crippen molar-refractivity contribution in [3.63, 3.8) is 0 Å². The van der Waals surface area contributed by atoms with Gasteiger partial charge in [0, 0.05) is 31.6 Å². The van der Waals surface area contributed by atoms with Gasteiger partial charge in [-0.25, -0.2) is 0 Å². The van der Waals surface area contributed by atoms with Crippen LogP contribution in [0.15, 0.2) is 53.5 Å². The molecule has 10 nitrogen and oxygen atoms in total. The molecule has 0 spiro atoms. The predicted octanol–water partition coefficient (Wildman–Crippen LogP) is 4.55. The van der Waals surface area contributed by atoms with Crippen LogP contribution in [0.5, 0.6) is 17.2 Å². The molecule has 1 atom stereocenters. The number of anilines is 1. The van der Waals surface area contributed by atoms with E-state index in [0.29, 0.717) is 60.9 Å². The molecule has 43 heavy (non-hydrogen) atoms. The molecular weight excluding hydrogens is 548 g/mol. The van der Waals surface area contributed by atoms with Crippen molar-refractivity contribution in [2.45, 2.75) is 58.0 Å². The van der Waals surface area contributed by atoms with Crippen LogP contribution in [0.3, 0.4) is 0 Å². The zero-order chi connectivity index (χ0) is 30.8. The maximum Gasteiger partial charge on any atom is 0.220 e. The van der Waals surface area contributed by atoms with Crippen LogP contribution >= 0.6 is 0 Å². The van der Waals surface area contributed by atoms with Crippen molar-refractivity contribution in [1.29, 1.82) is 0 Å². The summed E-state index contributed by atoms with van der Waals surface area (Å²) >= 11 is 0. The van der Waals surface area contributed by atoms with Crippen molar-refractivity contribution < 1.29 is 23.8 Å². The predicted molar refractivity (Wildman–Crippen MR) is 166 cm³/mol. The van der Waals surface area contributed by atoms with E-state index in [1.807, 2.05) is 30.3 Å². The average molecular weight is 589 g/mol. The summed E-state index contributed by atoms with van der Waals surface area (Å²) in [6.45, 7) is 2.48. The summed E-state index contributed by atoms with van der Waals surface area (Å²) < 4.78 is 17.1. The van der Waals surface area contributed by atoms with Gasteiger partial charge in [-0.3, -0.25) is 19.4 Å². The summed E-state index contributed by atoms with van der Waals surface area (Å²) in [5, 5.41) is 9.19. The Kier molecular flexibility index (Phi) is 11.0. The van der Waals surface area contributed by atoms with Crippen LogP contribution in [-0.2, 0) is 22.6 Å². The van der Waals surface area contributed by atoms with Crippen molar-refractivity contribution in [2.75, 3.05) is 33.2 Å². The van der Waals surface area contributed by atoms with Gasteiger partial charge >= 0.3 is 0 Å². The van der Waals surface area contributed by atoms with Gasteiger partial charge in [0.15, 0.2) is 11.5 Å². The van der Waals surface area contributed by atoms with Gasteiger partial charge in [0.25, 0.3) is 0 Å². The van der Waals surface area contributed by atoms with E-state index in [9.17, 15) is 14.4 Å². The van der Waals surface area contributed by atoms with Crippen LogP contribution in [-0.4, -0.2) is 44.7 Å². The molecule has 0 saturated heterocycles. The molecule has 1 aromatic heterocycles. The molecular formula is C33H40N4O6. The molecule has 2 amide bonds. The van der Waals surface area contributed by atoms with E-state index in [-0.39, 0.29) is 23.3 Å². The summed E-state index contributed by atoms with van der Waals surface area (Å²) in [5.41, 5.74) is 4.40. The van der Waals surface area contributed by atoms with Gasteiger partial charge in [0.2, 0.25) is 23.0 Å². The van der Waals surface area contributed by atoms with Gasteiger partial charge in [-0.15, -0.1) is 0 Å². The van der Waals surface area contributed by atoms with E-state index in [0.717, 1.165) is 41.6 Å². The van der Waals surface area contributed by atoms with Crippen molar-refractivity contribution in [1.82, 2.24) is 15.6 Å². The first-order chi connectivity index (χ1) is 20.9. The third-order valence-corrected chi connectivity index (χ3v) is 7.50. The highest BCUT2D eigenvalue weighted by molar-refractivity contribution is 5.83. The van der Waals surface area contributed by atoms with E-state index < -0.39 is 0 Å². The van der Waals surface area contributed by atoms with Crippen LogP contribution in [0.25, 0.3) is 11.1 Å². The van der Waals surface area contributed by atoms with Crippen LogP contribution in [0.4, 0.5) is 5.69 Å². The molecule has 0 saturated carbocycles. The molecule has 0 fully saturated rings. The van der Waals surface area contributed by atoms with Crippen molar-refractivity contribution in [3.8, 4) is 28.4 Å². The fraction of sp³-hybridized carbons (Fsp3) is 0.394. The van der Waals surface area contributed by atoms with Gasteiger partial charge in [-0.05, 0) is 72.7 Å². The number of hydrogen-bond donors (Lipinski definition) is 3. The Balaban J connectivity index is 1.49. The molecule has 3 N–H and O–H groups in total. The fourth-order valence-electron chi connectivity index (χ4n) is 5.44. The summed E-state index contributed by atoms with van der Waals surface area (Å²) in [4.78, 5) is 41.9. The summed E-state index contributed by atoms with van der Waals surface area (Å²) in [6, 6.07) is 12.5. The minimum absolute atomic E-state index is 0.00396. The van der Waals surface area contributed by atoms with Crippen molar-refractivity contribution >= 4 is 17.5 Å². The van der Waals surface area contributed by atoms with E-state index in [1.165, 1.54) is 6.92 Å². The molecule has 3 aromatic rings. The molecule has 228 valence electrons. The zero-order valence-corrected chi connectivity index (χ0v) is 25.2. The first kappa shape index (κ1) is 31.3. The van der Waals surface area contributed by atoms with Crippen LogP contribution < -0.4 is 35.6 Å². The second kappa shape index (κ2) is 15.0. The highest BCUT2D eigenvalue weighted by atomic mass is 16.5. The summed E-state index contributed by atoms with van der Waals surface area (Å²) in [6.07, 6.45) is 5.76. The Morgan fingerprint density at radius 1 is 0.977 bits per heavy atom. The molecule has 1 heterocycles. The molecule has 10 heteroatoms. The fourth-order valence-corrected chi connectivity index (χ4v) is 5.44. The first-order valence-electron chi connectivity index (χ1n) is 14.5. The number of benzene rings is 1. The first-order valence-corrected chi connectivity index (χ1v) is 14.5. The number of pyridine rings is 1. The SMILES string of the molecule is COc1cc2c(c(OC)c1OC)-c1ccc(NCCCCCC(=O)NCc3ccccn3)c(=O)cc1[C@H](NC(C)=O)CC2. The van der Waals surface area contributed by atoms with E-state index >= 15 is 0 Å². The zero-order valence-electron chi connectivity index (χ0n) is 25.2. The minimum atomic E-state index is -0.363. The smallest absolute Gasteiger partial charge is 0.220 e. The lowest BCUT2D eigenvalue weighted by Crippen LogP contribution is -2.26. The lowest BCUT2D eigenvalue weighted by Gasteiger charge is -2.19. The molecule has 4 rings (SSSR count). The number of ether oxygens (including phenoxy) is 3. The number of methoxy groups -OCH3 is 3. The van der Waals surface area contributed by atoms with Crippen LogP contribution in [0.1, 0.15) is 61.9 Å². The molecule has 0 bridgehead atoms. The Labute approximate surface area is 252 Å². The third kappa shape index (κ3) is 7.82. The van der Waals surface area contributed by atoms with E-state index in [1.54, 1.807) is 39.7 Å². The van der Waals surface area contributed by atoms with Gasteiger partial charge in [-0.1, -0.05) is 18.6 Å². The minimum Gasteiger partial charge on any atom is -0.493 e.